The van der Waals surface area contributed by atoms with Crippen LogP contribution in [0.1, 0.15) is 40.8 Å². The van der Waals surface area contributed by atoms with Crippen LogP contribution in [0.2, 0.25) is 0 Å². The first kappa shape index (κ1) is 19.8. The van der Waals surface area contributed by atoms with E-state index in [-0.39, 0.29) is 5.91 Å². The van der Waals surface area contributed by atoms with E-state index in [0.717, 1.165) is 46.7 Å². The number of pyridine rings is 1. The van der Waals surface area contributed by atoms with Gasteiger partial charge in [-0.1, -0.05) is 49.7 Å². The molecule has 1 amide bonds. The van der Waals surface area contributed by atoms with Gasteiger partial charge < -0.3 is 5.32 Å². The van der Waals surface area contributed by atoms with E-state index in [4.69, 9.17) is 5.10 Å². The highest BCUT2D eigenvalue weighted by atomic mass is 16.1. The largest absolute Gasteiger partial charge is 0.352 e. The van der Waals surface area contributed by atoms with Gasteiger partial charge in [0.15, 0.2) is 5.65 Å². The Hall–Kier alpha value is -3.54. The Bertz CT molecular complexity index is 1150. The topological polar surface area (TPSA) is 72.2 Å². The average molecular weight is 399 g/mol. The highest BCUT2D eigenvalue weighted by Gasteiger charge is 2.20. The summed E-state index contributed by atoms with van der Waals surface area (Å²) >= 11 is 0. The number of benzene rings is 1. The summed E-state index contributed by atoms with van der Waals surface area (Å²) in [5, 5.41) is 7.75. The normalized spacial score (nSPS) is 11.0. The molecule has 1 N–H and O–H groups in total. The molecule has 0 aliphatic heterocycles. The molecule has 6 heteroatoms. The molecule has 0 radical (unpaired) electrons. The number of nitrogens with zero attached hydrogens (tertiary/aromatic N) is 4. The number of hydrogen-bond acceptors (Lipinski definition) is 4. The predicted octanol–water partition coefficient (Wildman–Crippen LogP) is 4.02. The third-order valence-electron chi connectivity index (χ3n) is 5.11. The highest BCUT2D eigenvalue weighted by Crippen LogP contribution is 2.28. The summed E-state index contributed by atoms with van der Waals surface area (Å²) in [6.07, 6.45) is 5.79. The summed E-state index contributed by atoms with van der Waals surface area (Å²) in [6, 6.07) is 15.9. The Morgan fingerprint density at radius 3 is 2.57 bits per heavy atom. The molecule has 0 atom stereocenters. The molecule has 3 aromatic heterocycles. The van der Waals surface area contributed by atoms with Gasteiger partial charge in [0.25, 0.3) is 5.91 Å². The molecule has 4 rings (SSSR count). The van der Waals surface area contributed by atoms with Gasteiger partial charge in [0.1, 0.15) is 0 Å². The quantitative estimate of drug-likeness (QED) is 0.509. The van der Waals surface area contributed by atoms with E-state index in [1.165, 1.54) is 0 Å². The summed E-state index contributed by atoms with van der Waals surface area (Å²) in [7, 11) is 0. The van der Waals surface area contributed by atoms with Gasteiger partial charge >= 0.3 is 0 Å². The molecule has 0 aliphatic rings. The van der Waals surface area contributed by atoms with Crippen LogP contribution in [0.25, 0.3) is 16.8 Å². The smallest absolute Gasteiger partial charge is 0.254 e. The van der Waals surface area contributed by atoms with Crippen molar-refractivity contribution in [2.24, 2.45) is 0 Å². The third-order valence-corrected chi connectivity index (χ3v) is 5.11. The minimum absolute atomic E-state index is 0.127. The number of nitrogens with one attached hydrogen (secondary N) is 1. The lowest BCUT2D eigenvalue weighted by atomic mass is 10.1. The maximum Gasteiger partial charge on any atom is 0.254 e. The van der Waals surface area contributed by atoms with E-state index in [1.807, 2.05) is 47.8 Å². The number of carbonyl (C=O) groups is 1. The van der Waals surface area contributed by atoms with Gasteiger partial charge in [-0.25, -0.2) is 9.50 Å². The molecule has 4 aromatic rings. The zero-order chi connectivity index (χ0) is 20.9. The van der Waals surface area contributed by atoms with Gasteiger partial charge in [0, 0.05) is 36.6 Å². The van der Waals surface area contributed by atoms with E-state index >= 15 is 0 Å². The lowest BCUT2D eigenvalue weighted by Gasteiger charge is -2.11. The van der Waals surface area contributed by atoms with Gasteiger partial charge in [-0.2, -0.15) is 5.10 Å². The minimum Gasteiger partial charge on any atom is -0.352 e. The Morgan fingerprint density at radius 1 is 1.03 bits per heavy atom. The van der Waals surface area contributed by atoms with Gasteiger partial charge in [0.05, 0.1) is 17.0 Å². The van der Waals surface area contributed by atoms with Crippen LogP contribution in [-0.4, -0.2) is 32.0 Å². The van der Waals surface area contributed by atoms with Crippen molar-refractivity contribution >= 4 is 11.6 Å². The standard InChI is InChI=1S/C24H25N5O/c1-3-9-21-20(24(30)26-15-13-19-12-7-8-14-25-19)16-27-23-22(17(2)28-29(21)23)18-10-5-4-6-11-18/h4-8,10-12,14,16H,3,9,13,15H2,1-2H3,(H,26,30). The fourth-order valence-electron chi connectivity index (χ4n) is 3.69. The van der Waals surface area contributed by atoms with Crippen molar-refractivity contribution in [3.8, 4) is 11.1 Å². The molecule has 0 spiro atoms. The fraction of sp³-hybridized carbons (Fsp3) is 0.250. The number of carbonyl (C=O) groups excluding carboxylic acids is 1. The van der Waals surface area contributed by atoms with Crippen LogP contribution in [0.15, 0.2) is 60.9 Å². The van der Waals surface area contributed by atoms with Crippen LogP contribution in [0.5, 0.6) is 0 Å². The molecule has 0 fully saturated rings. The first-order valence-electron chi connectivity index (χ1n) is 10.3. The Labute approximate surface area is 176 Å². The number of amides is 1. The monoisotopic (exact) mass is 399 g/mol. The van der Waals surface area contributed by atoms with Gasteiger partial charge in [0.2, 0.25) is 0 Å². The van der Waals surface area contributed by atoms with Crippen molar-refractivity contribution in [1.82, 2.24) is 24.9 Å². The summed E-state index contributed by atoms with van der Waals surface area (Å²) in [6.45, 7) is 4.61. The molecule has 152 valence electrons. The maximum atomic E-state index is 12.9. The number of rotatable bonds is 7. The molecular weight excluding hydrogens is 374 g/mol. The van der Waals surface area contributed by atoms with Crippen molar-refractivity contribution in [1.29, 1.82) is 0 Å². The van der Waals surface area contributed by atoms with Crippen LogP contribution < -0.4 is 5.32 Å². The van der Waals surface area contributed by atoms with E-state index in [1.54, 1.807) is 12.4 Å². The Balaban J connectivity index is 1.65. The van der Waals surface area contributed by atoms with Crippen molar-refractivity contribution in [3.63, 3.8) is 0 Å². The fourth-order valence-corrected chi connectivity index (χ4v) is 3.69. The summed E-state index contributed by atoms with van der Waals surface area (Å²) in [4.78, 5) is 21.9. The second-order valence-corrected chi connectivity index (χ2v) is 7.26. The number of aryl methyl sites for hydroxylation is 2. The molecule has 3 heterocycles. The molecule has 30 heavy (non-hydrogen) atoms. The molecule has 0 saturated carbocycles. The van der Waals surface area contributed by atoms with Crippen LogP contribution >= 0.6 is 0 Å². The molecule has 0 aliphatic carbocycles. The van der Waals surface area contributed by atoms with Crippen LogP contribution in [0.3, 0.4) is 0 Å². The molecule has 6 nitrogen and oxygen atoms in total. The molecule has 0 bridgehead atoms. The highest BCUT2D eigenvalue weighted by molar-refractivity contribution is 5.95. The Morgan fingerprint density at radius 2 is 1.83 bits per heavy atom. The summed E-state index contributed by atoms with van der Waals surface area (Å²) in [5.41, 5.74) is 6.19. The zero-order valence-corrected chi connectivity index (χ0v) is 17.3. The summed E-state index contributed by atoms with van der Waals surface area (Å²) in [5.74, 6) is -0.127. The lowest BCUT2D eigenvalue weighted by Crippen LogP contribution is -2.28. The van der Waals surface area contributed by atoms with Crippen molar-refractivity contribution in [3.05, 3.63) is 83.6 Å². The van der Waals surface area contributed by atoms with Gasteiger partial charge in [-0.3, -0.25) is 9.78 Å². The Kier molecular flexibility index (Phi) is 5.84. The van der Waals surface area contributed by atoms with E-state index in [0.29, 0.717) is 18.5 Å². The van der Waals surface area contributed by atoms with Crippen molar-refractivity contribution in [2.75, 3.05) is 6.54 Å². The van der Waals surface area contributed by atoms with Crippen LogP contribution in [-0.2, 0) is 12.8 Å². The lowest BCUT2D eigenvalue weighted by molar-refractivity contribution is 0.0952. The summed E-state index contributed by atoms with van der Waals surface area (Å²) < 4.78 is 1.84. The van der Waals surface area contributed by atoms with Gasteiger partial charge in [-0.15, -0.1) is 0 Å². The first-order valence-corrected chi connectivity index (χ1v) is 10.3. The third kappa shape index (κ3) is 3.94. The van der Waals surface area contributed by atoms with Crippen LogP contribution in [0.4, 0.5) is 0 Å². The van der Waals surface area contributed by atoms with E-state index in [9.17, 15) is 4.79 Å². The first-order chi connectivity index (χ1) is 14.7. The second-order valence-electron chi connectivity index (χ2n) is 7.26. The average Bonchev–Trinajstić information content (AvgIpc) is 3.11. The van der Waals surface area contributed by atoms with E-state index < -0.39 is 0 Å². The predicted molar refractivity (Wildman–Crippen MR) is 117 cm³/mol. The molecule has 0 saturated heterocycles. The SMILES string of the molecule is CCCc1c(C(=O)NCCc2ccccn2)cnc2c(-c3ccccc3)c(C)nn12. The maximum absolute atomic E-state index is 12.9. The van der Waals surface area contributed by atoms with Gasteiger partial charge in [-0.05, 0) is 31.0 Å². The number of hydrogen-bond donors (Lipinski definition) is 1. The molecular formula is C24H25N5O. The van der Waals surface area contributed by atoms with Crippen LogP contribution in [0, 0.1) is 6.92 Å². The molecule has 0 unspecified atom stereocenters. The van der Waals surface area contributed by atoms with Crippen molar-refractivity contribution < 1.29 is 4.79 Å². The van der Waals surface area contributed by atoms with E-state index in [2.05, 4.69) is 34.3 Å². The minimum atomic E-state index is -0.127. The van der Waals surface area contributed by atoms with Crippen molar-refractivity contribution in [2.45, 2.75) is 33.1 Å². The zero-order valence-electron chi connectivity index (χ0n) is 17.3. The molecule has 1 aromatic carbocycles. The second kappa shape index (κ2) is 8.86. The number of fused-ring (bicyclic) bond motifs is 1. The number of aromatic nitrogens is 4.